The highest BCUT2D eigenvalue weighted by Crippen LogP contribution is 2.35. The van der Waals surface area contributed by atoms with E-state index in [1.807, 2.05) is 0 Å². The van der Waals surface area contributed by atoms with E-state index in [1.54, 1.807) is 0 Å². The number of hydrogen-bond donors (Lipinski definition) is 1. The zero-order chi connectivity index (χ0) is 11.8. The van der Waals surface area contributed by atoms with Crippen LogP contribution in [0.4, 0.5) is 5.69 Å². The molecule has 2 N–H and O–H groups in total. The molecule has 0 radical (unpaired) electrons. The molecule has 0 aromatic heterocycles. The maximum atomic E-state index is 6.27. The lowest BCUT2D eigenvalue weighted by Gasteiger charge is -2.40. The molecule has 3 atom stereocenters. The Hall–Kier alpha value is -1.02. The summed E-state index contributed by atoms with van der Waals surface area (Å²) in [4.78, 5) is 2.58. The Labute approximate surface area is 104 Å². The summed E-state index contributed by atoms with van der Waals surface area (Å²) < 4.78 is 0. The van der Waals surface area contributed by atoms with Crippen LogP contribution in [0.15, 0.2) is 24.3 Å². The third-order valence-corrected chi connectivity index (χ3v) is 4.31. The number of benzene rings is 1. The van der Waals surface area contributed by atoms with Gasteiger partial charge in [-0.15, -0.1) is 0 Å². The molecule has 2 aliphatic rings. The van der Waals surface area contributed by atoms with Crippen LogP contribution in [0.25, 0.3) is 0 Å². The number of fused-ring (bicyclic) bond motifs is 1. The Morgan fingerprint density at radius 2 is 2.06 bits per heavy atom. The van der Waals surface area contributed by atoms with Gasteiger partial charge in [0.15, 0.2) is 0 Å². The fourth-order valence-electron chi connectivity index (χ4n) is 3.51. The summed E-state index contributed by atoms with van der Waals surface area (Å²) in [7, 11) is 0. The quantitative estimate of drug-likeness (QED) is 0.803. The molecule has 92 valence electrons. The van der Waals surface area contributed by atoms with Crippen LogP contribution < -0.4 is 10.6 Å². The molecule has 1 saturated carbocycles. The first kappa shape index (κ1) is 11.1. The van der Waals surface area contributed by atoms with E-state index >= 15 is 0 Å². The van der Waals surface area contributed by atoms with Crippen LogP contribution in [0, 0.1) is 5.92 Å². The predicted octanol–water partition coefficient (Wildman–Crippen LogP) is 2.57. The highest BCUT2D eigenvalue weighted by molar-refractivity contribution is 5.57. The molecule has 0 amide bonds. The van der Waals surface area contributed by atoms with E-state index in [4.69, 9.17) is 5.73 Å². The fourth-order valence-corrected chi connectivity index (χ4v) is 3.51. The Morgan fingerprint density at radius 3 is 2.82 bits per heavy atom. The minimum atomic E-state index is 0.369. The SMILES string of the molecule is CC1Cc2ccccc2N(C2CCCC2N)C1. The van der Waals surface area contributed by atoms with Crippen molar-refractivity contribution in [1.82, 2.24) is 0 Å². The van der Waals surface area contributed by atoms with Gasteiger partial charge in [-0.1, -0.05) is 25.1 Å². The number of nitrogens with two attached hydrogens (primary N) is 1. The molecule has 1 aromatic carbocycles. The number of para-hydroxylation sites is 1. The Kier molecular flexibility index (Phi) is 2.83. The number of rotatable bonds is 1. The molecule has 0 spiro atoms. The minimum absolute atomic E-state index is 0.369. The summed E-state index contributed by atoms with van der Waals surface area (Å²) in [6.07, 6.45) is 4.97. The van der Waals surface area contributed by atoms with Crippen LogP contribution in [0.3, 0.4) is 0 Å². The van der Waals surface area contributed by atoms with Gasteiger partial charge in [-0.3, -0.25) is 0 Å². The van der Waals surface area contributed by atoms with Gasteiger partial charge >= 0.3 is 0 Å². The largest absolute Gasteiger partial charge is 0.366 e. The third-order valence-electron chi connectivity index (χ3n) is 4.31. The zero-order valence-corrected chi connectivity index (χ0v) is 10.6. The molecule has 3 unspecified atom stereocenters. The second-order valence-corrected chi connectivity index (χ2v) is 5.75. The Morgan fingerprint density at radius 1 is 1.24 bits per heavy atom. The van der Waals surface area contributed by atoms with Crippen molar-refractivity contribution in [3.8, 4) is 0 Å². The topological polar surface area (TPSA) is 29.3 Å². The van der Waals surface area contributed by atoms with Gasteiger partial charge in [0.05, 0.1) is 0 Å². The molecule has 17 heavy (non-hydrogen) atoms. The molecule has 1 aliphatic heterocycles. The first-order valence-electron chi connectivity index (χ1n) is 6.86. The average Bonchev–Trinajstić information content (AvgIpc) is 2.74. The molecule has 2 heteroatoms. The second-order valence-electron chi connectivity index (χ2n) is 5.75. The summed E-state index contributed by atoms with van der Waals surface area (Å²) in [5.41, 5.74) is 9.21. The fraction of sp³-hybridized carbons (Fsp3) is 0.600. The van der Waals surface area contributed by atoms with Crippen molar-refractivity contribution >= 4 is 5.69 Å². The van der Waals surface area contributed by atoms with Crippen LogP contribution in [0.2, 0.25) is 0 Å². The van der Waals surface area contributed by atoms with E-state index < -0.39 is 0 Å². The van der Waals surface area contributed by atoms with E-state index in [0.29, 0.717) is 12.1 Å². The van der Waals surface area contributed by atoms with E-state index in [9.17, 15) is 0 Å². The Bertz CT molecular complexity index is 402. The van der Waals surface area contributed by atoms with Crippen LogP contribution in [0.1, 0.15) is 31.7 Å². The zero-order valence-electron chi connectivity index (χ0n) is 10.6. The smallest absolute Gasteiger partial charge is 0.0441 e. The first-order valence-corrected chi connectivity index (χ1v) is 6.86. The molecule has 1 heterocycles. The Balaban J connectivity index is 1.94. The van der Waals surface area contributed by atoms with Gasteiger partial charge in [0.1, 0.15) is 0 Å². The number of hydrogen-bond acceptors (Lipinski definition) is 2. The van der Waals surface area contributed by atoms with Crippen molar-refractivity contribution in [3.05, 3.63) is 29.8 Å². The molecule has 3 rings (SSSR count). The highest BCUT2D eigenvalue weighted by atomic mass is 15.2. The normalized spacial score (nSPS) is 32.6. The molecular weight excluding hydrogens is 208 g/mol. The van der Waals surface area contributed by atoms with Crippen LogP contribution in [0.5, 0.6) is 0 Å². The molecular formula is C15H22N2. The lowest BCUT2D eigenvalue weighted by molar-refractivity contribution is 0.461. The molecule has 0 bridgehead atoms. The van der Waals surface area contributed by atoms with E-state index in [0.717, 1.165) is 5.92 Å². The van der Waals surface area contributed by atoms with Crippen molar-refractivity contribution in [2.45, 2.75) is 44.7 Å². The van der Waals surface area contributed by atoms with Crippen molar-refractivity contribution in [2.75, 3.05) is 11.4 Å². The summed E-state index contributed by atoms with van der Waals surface area (Å²) in [6, 6.07) is 9.80. The number of anilines is 1. The van der Waals surface area contributed by atoms with Gasteiger partial charge in [0.2, 0.25) is 0 Å². The number of nitrogens with zero attached hydrogens (tertiary/aromatic N) is 1. The van der Waals surface area contributed by atoms with E-state index in [-0.39, 0.29) is 0 Å². The van der Waals surface area contributed by atoms with Crippen LogP contribution >= 0.6 is 0 Å². The van der Waals surface area contributed by atoms with Gasteiger partial charge in [0.25, 0.3) is 0 Å². The van der Waals surface area contributed by atoms with E-state index in [1.165, 1.54) is 43.5 Å². The highest BCUT2D eigenvalue weighted by Gasteiger charge is 2.33. The summed E-state index contributed by atoms with van der Waals surface area (Å²) in [5.74, 6) is 0.748. The van der Waals surface area contributed by atoms with Gasteiger partial charge in [0, 0.05) is 24.3 Å². The maximum absolute atomic E-state index is 6.27. The van der Waals surface area contributed by atoms with Gasteiger partial charge in [-0.25, -0.2) is 0 Å². The molecule has 2 nitrogen and oxygen atoms in total. The monoisotopic (exact) mass is 230 g/mol. The van der Waals surface area contributed by atoms with Crippen molar-refractivity contribution in [2.24, 2.45) is 11.7 Å². The van der Waals surface area contributed by atoms with Gasteiger partial charge in [-0.2, -0.15) is 0 Å². The molecule has 1 fully saturated rings. The summed E-state index contributed by atoms with van der Waals surface area (Å²) in [6.45, 7) is 3.53. The van der Waals surface area contributed by atoms with Gasteiger partial charge in [-0.05, 0) is 43.2 Å². The lowest BCUT2D eigenvalue weighted by atomic mass is 9.92. The summed E-state index contributed by atoms with van der Waals surface area (Å²) in [5, 5.41) is 0. The molecule has 0 saturated heterocycles. The van der Waals surface area contributed by atoms with Crippen LogP contribution in [-0.2, 0) is 6.42 Å². The first-order chi connectivity index (χ1) is 8.25. The molecule has 1 aliphatic carbocycles. The van der Waals surface area contributed by atoms with Crippen molar-refractivity contribution in [3.63, 3.8) is 0 Å². The standard InChI is InChI=1S/C15H22N2/c1-11-9-12-5-2-3-7-14(12)17(10-11)15-8-4-6-13(15)16/h2-3,5,7,11,13,15H,4,6,8-10,16H2,1H3. The van der Waals surface area contributed by atoms with Crippen molar-refractivity contribution < 1.29 is 0 Å². The predicted molar refractivity (Wildman–Crippen MR) is 72.3 cm³/mol. The van der Waals surface area contributed by atoms with Crippen LogP contribution in [-0.4, -0.2) is 18.6 Å². The van der Waals surface area contributed by atoms with E-state index in [2.05, 4.69) is 36.1 Å². The van der Waals surface area contributed by atoms with Gasteiger partial charge < -0.3 is 10.6 Å². The third kappa shape index (κ3) is 1.95. The second kappa shape index (κ2) is 4.34. The lowest BCUT2D eigenvalue weighted by Crippen LogP contribution is -2.48. The molecule has 1 aromatic rings. The minimum Gasteiger partial charge on any atom is -0.366 e. The van der Waals surface area contributed by atoms with Crippen molar-refractivity contribution in [1.29, 1.82) is 0 Å². The maximum Gasteiger partial charge on any atom is 0.0441 e. The summed E-state index contributed by atoms with van der Waals surface area (Å²) >= 11 is 0. The average molecular weight is 230 g/mol.